The number of nitrogens with one attached hydrogen (secondary N) is 2. The zero-order valence-electron chi connectivity index (χ0n) is 18.1. The maximum Gasteiger partial charge on any atom is 0.161 e. The standard InChI is InChI=1S/C23H27ClN6O2/c1-16-14-29(15-25-16)23-19(31-2)4-3-10-28(23)11-9-20-26-22-21(32-13-12-30(22)27-20)17-5-7-18(24)8-6-17/h3-9,11,14-15,20-22,26-27H,10,12-13H2,1-2H3/b11-9+. The molecule has 1 aromatic heterocycles. The van der Waals surface area contributed by atoms with Crippen molar-refractivity contribution >= 4 is 17.4 Å². The molecule has 32 heavy (non-hydrogen) atoms. The molecule has 0 radical (unpaired) electrons. The van der Waals surface area contributed by atoms with Crippen LogP contribution >= 0.6 is 11.6 Å². The first kappa shape index (κ1) is 21.2. The Labute approximate surface area is 192 Å². The Hall–Kier alpha value is -2.62. The summed E-state index contributed by atoms with van der Waals surface area (Å²) in [6.45, 7) is 4.19. The number of morpholine rings is 1. The van der Waals surface area contributed by atoms with Gasteiger partial charge in [0.15, 0.2) is 11.6 Å². The van der Waals surface area contributed by atoms with Crippen molar-refractivity contribution in [3.05, 3.63) is 83.3 Å². The molecule has 3 aliphatic rings. The van der Waals surface area contributed by atoms with Crippen molar-refractivity contribution in [3.63, 3.8) is 0 Å². The second-order valence-corrected chi connectivity index (χ2v) is 8.40. The summed E-state index contributed by atoms with van der Waals surface area (Å²) in [6, 6.07) is 7.86. The molecule has 0 spiro atoms. The van der Waals surface area contributed by atoms with Crippen molar-refractivity contribution in [3.8, 4) is 0 Å². The van der Waals surface area contributed by atoms with Crippen LogP contribution in [0.2, 0.25) is 5.02 Å². The van der Waals surface area contributed by atoms with E-state index in [0.29, 0.717) is 6.61 Å². The van der Waals surface area contributed by atoms with Gasteiger partial charge in [0.05, 0.1) is 25.6 Å². The topological polar surface area (TPSA) is 66.8 Å². The molecule has 3 aliphatic heterocycles. The lowest BCUT2D eigenvalue weighted by atomic mass is 10.1. The molecule has 168 valence electrons. The van der Waals surface area contributed by atoms with Crippen LogP contribution in [0.3, 0.4) is 0 Å². The number of rotatable bonds is 5. The molecule has 2 aromatic rings. The molecule has 0 aliphatic carbocycles. The van der Waals surface area contributed by atoms with Crippen LogP contribution in [0, 0.1) is 6.92 Å². The van der Waals surface area contributed by atoms with Crippen molar-refractivity contribution in [1.82, 2.24) is 30.2 Å². The van der Waals surface area contributed by atoms with E-state index in [1.165, 1.54) is 0 Å². The molecule has 2 N–H and O–H groups in total. The normalized spacial score (nSPS) is 26.2. The number of nitrogens with zero attached hydrogens (tertiary/aromatic N) is 4. The SMILES string of the molecule is COC1=C(n2cnc(C)c2)N(/C=C/C2NC3C(c4ccc(Cl)cc4)OCCN3N2)CC=C1. The molecule has 9 heteroatoms. The minimum Gasteiger partial charge on any atom is -0.493 e. The Bertz CT molecular complexity index is 1050. The summed E-state index contributed by atoms with van der Waals surface area (Å²) in [5, 5.41) is 6.58. The first-order valence-corrected chi connectivity index (χ1v) is 11.1. The molecule has 1 aromatic carbocycles. The first-order valence-electron chi connectivity index (χ1n) is 10.7. The largest absolute Gasteiger partial charge is 0.493 e. The minimum absolute atomic E-state index is 0.0285. The van der Waals surface area contributed by atoms with E-state index in [9.17, 15) is 0 Å². The number of hydrogen-bond acceptors (Lipinski definition) is 7. The monoisotopic (exact) mass is 454 g/mol. The lowest BCUT2D eigenvalue weighted by molar-refractivity contribution is -0.0769. The van der Waals surface area contributed by atoms with Gasteiger partial charge in [-0.2, -0.15) is 0 Å². The summed E-state index contributed by atoms with van der Waals surface area (Å²) in [4.78, 5) is 6.52. The summed E-state index contributed by atoms with van der Waals surface area (Å²) in [5.74, 6) is 1.73. The van der Waals surface area contributed by atoms with E-state index in [-0.39, 0.29) is 18.4 Å². The van der Waals surface area contributed by atoms with E-state index in [1.54, 1.807) is 7.11 Å². The number of imidazole rings is 1. The Morgan fingerprint density at radius 1 is 1.28 bits per heavy atom. The second-order valence-electron chi connectivity index (χ2n) is 7.97. The summed E-state index contributed by atoms with van der Waals surface area (Å²) >= 11 is 6.06. The van der Waals surface area contributed by atoms with E-state index in [4.69, 9.17) is 21.1 Å². The number of fused-ring (bicyclic) bond motifs is 1. The maximum atomic E-state index is 6.10. The van der Waals surface area contributed by atoms with E-state index < -0.39 is 0 Å². The summed E-state index contributed by atoms with van der Waals surface area (Å²) in [6.07, 6.45) is 12.0. The Morgan fingerprint density at radius 2 is 2.12 bits per heavy atom. The van der Waals surface area contributed by atoms with Crippen molar-refractivity contribution in [2.45, 2.75) is 25.4 Å². The summed E-state index contributed by atoms with van der Waals surface area (Å²) in [7, 11) is 1.69. The lowest BCUT2D eigenvalue weighted by Gasteiger charge is -2.35. The van der Waals surface area contributed by atoms with Gasteiger partial charge < -0.3 is 14.4 Å². The molecule has 0 saturated carbocycles. The summed E-state index contributed by atoms with van der Waals surface area (Å²) in [5.41, 5.74) is 5.61. The van der Waals surface area contributed by atoms with Crippen LogP contribution in [0.5, 0.6) is 0 Å². The van der Waals surface area contributed by atoms with E-state index in [1.807, 2.05) is 54.4 Å². The number of benzene rings is 1. The van der Waals surface area contributed by atoms with Gasteiger partial charge in [-0.25, -0.2) is 15.4 Å². The predicted octanol–water partition coefficient (Wildman–Crippen LogP) is 2.84. The van der Waals surface area contributed by atoms with Gasteiger partial charge >= 0.3 is 0 Å². The smallest absolute Gasteiger partial charge is 0.161 e. The fraction of sp³-hybridized carbons (Fsp3) is 0.348. The number of aryl methyl sites for hydroxylation is 1. The number of hydrazine groups is 1. The van der Waals surface area contributed by atoms with Crippen molar-refractivity contribution < 1.29 is 9.47 Å². The molecule has 0 amide bonds. The third kappa shape index (κ3) is 4.20. The van der Waals surface area contributed by atoms with Gasteiger partial charge in [0, 0.05) is 30.5 Å². The summed E-state index contributed by atoms with van der Waals surface area (Å²) < 4.78 is 13.7. The van der Waals surface area contributed by atoms with Crippen LogP contribution in [0.1, 0.15) is 17.4 Å². The Balaban J connectivity index is 1.33. The van der Waals surface area contributed by atoms with E-state index >= 15 is 0 Å². The van der Waals surface area contributed by atoms with Gasteiger partial charge in [-0.1, -0.05) is 29.8 Å². The average molecular weight is 455 g/mol. The third-order valence-corrected chi connectivity index (χ3v) is 6.06. The molecule has 3 unspecified atom stereocenters. The first-order chi connectivity index (χ1) is 15.6. The zero-order valence-corrected chi connectivity index (χ0v) is 18.9. The maximum absolute atomic E-state index is 6.10. The predicted molar refractivity (Wildman–Crippen MR) is 123 cm³/mol. The highest BCUT2D eigenvalue weighted by molar-refractivity contribution is 6.30. The van der Waals surface area contributed by atoms with Gasteiger partial charge in [-0.3, -0.25) is 9.88 Å². The Kier molecular flexibility index (Phi) is 6.03. The van der Waals surface area contributed by atoms with Gasteiger partial charge in [0.1, 0.15) is 18.6 Å². The van der Waals surface area contributed by atoms with Crippen molar-refractivity contribution in [2.75, 3.05) is 26.8 Å². The molecule has 8 nitrogen and oxygen atoms in total. The van der Waals surface area contributed by atoms with Crippen LogP contribution in [-0.2, 0) is 9.47 Å². The highest BCUT2D eigenvalue weighted by Crippen LogP contribution is 2.30. The molecular weight excluding hydrogens is 428 g/mol. The van der Waals surface area contributed by atoms with Crippen LogP contribution in [0.4, 0.5) is 0 Å². The highest BCUT2D eigenvalue weighted by atomic mass is 35.5. The van der Waals surface area contributed by atoms with Crippen molar-refractivity contribution in [2.24, 2.45) is 0 Å². The minimum atomic E-state index is -0.0747. The van der Waals surface area contributed by atoms with Crippen molar-refractivity contribution in [1.29, 1.82) is 0 Å². The lowest BCUT2D eigenvalue weighted by Crippen LogP contribution is -2.50. The molecule has 0 bridgehead atoms. The van der Waals surface area contributed by atoms with Gasteiger partial charge in [0.2, 0.25) is 0 Å². The fourth-order valence-electron chi connectivity index (χ4n) is 4.29. The Morgan fingerprint density at radius 3 is 2.88 bits per heavy atom. The number of methoxy groups -OCH3 is 1. The van der Waals surface area contributed by atoms with Gasteiger partial charge in [-0.05, 0) is 36.8 Å². The third-order valence-electron chi connectivity index (χ3n) is 5.80. The number of hydrogen-bond donors (Lipinski definition) is 2. The molecule has 2 fully saturated rings. The van der Waals surface area contributed by atoms with E-state index in [2.05, 4.69) is 44.0 Å². The number of halogens is 1. The van der Waals surface area contributed by atoms with Crippen LogP contribution in [0.15, 0.2) is 67.0 Å². The molecule has 2 saturated heterocycles. The fourth-order valence-corrected chi connectivity index (χ4v) is 4.42. The van der Waals surface area contributed by atoms with E-state index in [0.717, 1.165) is 40.9 Å². The number of ether oxygens (including phenoxy) is 2. The molecule has 5 rings (SSSR count). The van der Waals surface area contributed by atoms with Gasteiger partial charge in [-0.15, -0.1) is 0 Å². The van der Waals surface area contributed by atoms with Crippen LogP contribution < -0.4 is 10.7 Å². The zero-order chi connectivity index (χ0) is 22.1. The number of allylic oxidation sites excluding steroid dienone is 1. The molecule has 3 atom stereocenters. The van der Waals surface area contributed by atoms with Crippen LogP contribution in [0.25, 0.3) is 5.82 Å². The highest BCUT2D eigenvalue weighted by Gasteiger charge is 2.39. The molecular formula is C23H27ClN6O2. The van der Waals surface area contributed by atoms with Crippen LogP contribution in [-0.4, -0.2) is 58.6 Å². The second kappa shape index (κ2) is 9.09. The quantitative estimate of drug-likeness (QED) is 0.720. The molecule has 4 heterocycles. The number of aromatic nitrogens is 2. The average Bonchev–Trinajstić information content (AvgIpc) is 3.43. The van der Waals surface area contributed by atoms with Gasteiger partial charge in [0.25, 0.3) is 0 Å².